The minimum Gasteiger partial charge on any atom is -0.496 e. The highest BCUT2D eigenvalue weighted by Gasteiger charge is 2.21. The van der Waals surface area contributed by atoms with Crippen LogP contribution in [0.4, 0.5) is 0 Å². The van der Waals surface area contributed by atoms with Gasteiger partial charge < -0.3 is 28.6 Å². The van der Waals surface area contributed by atoms with E-state index in [4.69, 9.17) is 18.6 Å². The van der Waals surface area contributed by atoms with Gasteiger partial charge in [0, 0.05) is 63.4 Å². The summed E-state index contributed by atoms with van der Waals surface area (Å²) in [5, 5.41) is 10.9. The van der Waals surface area contributed by atoms with Crippen LogP contribution in [-0.2, 0) is 4.79 Å². The van der Waals surface area contributed by atoms with Crippen molar-refractivity contribution in [2.75, 3.05) is 53.6 Å². The van der Waals surface area contributed by atoms with Crippen LogP contribution in [0.1, 0.15) is 18.1 Å². The molecule has 2 heterocycles. The number of ether oxygens (including phenoxy) is 3. The third kappa shape index (κ3) is 5.89. The van der Waals surface area contributed by atoms with Crippen LogP contribution in [0.15, 0.2) is 39.5 Å². The highest BCUT2D eigenvalue weighted by molar-refractivity contribution is 5.86. The van der Waals surface area contributed by atoms with E-state index >= 15 is 0 Å². The number of aryl methyl sites for hydroxylation is 2. The molecule has 4 rings (SSSR count). The molecule has 0 unspecified atom stereocenters. The number of rotatable bonds is 8. The zero-order valence-electron chi connectivity index (χ0n) is 22.0. The van der Waals surface area contributed by atoms with Crippen molar-refractivity contribution in [2.24, 2.45) is 0 Å². The van der Waals surface area contributed by atoms with E-state index in [0.717, 1.165) is 29.8 Å². The Morgan fingerprint density at radius 3 is 2.30 bits per heavy atom. The van der Waals surface area contributed by atoms with Gasteiger partial charge in [0.2, 0.25) is 5.91 Å². The minimum absolute atomic E-state index is 0.0837. The molecule has 9 heteroatoms. The van der Waals surface area contributed by atoms with Crippen molar-refractivity contribution in [3.8, 4) is 28.6 Å². The smallest absolute Gasteiger partial charge is 0.219 e. The summed E-state index contributed by atoms with van der Waals surface area (Å²) >= 11 is 0. The Balaban J connectivity index is 1.48. The summed E-state index contributed by atoms with van der Waals surface area (Å²) < 4.78 is 22.8. The van der Waals surface area contributed by atoms with Gasteiger partial charge in [-0.05, 0) is 37.1 Å². The molecule has 0 aliphatic carbocycles. The number of carbonyl (C=O) groups excluding carboxylic acids is 1. The third-order valence-corrected chi connectivity index (χ3v) is 6.68. The molecule has 0 bridgehead atoms. The van der Waals surface area contributed by atoms with Gasteiger partial charge in [-0.25, -0.2) is 0 Å². The Labute approximate surface area is 216 Å². The highest BCUT2D eigenvalue weighted by Crippen LogP contribution is 2.34. The summed E-state index contributed by atoms with van der Waals surface area (Å²) in [6, 6.07) is 8.58. The standard InChI is InChI=1S/C28H34N2O7/c1-17-10-20(24-14-23(33)27-25(35-5)12-22(34-4)13-26(27)37-24)11-18(2)28(17)36-16-21(32)15-29-6-8-30(9-7-29)19(3)31/h10-14,21,32H,6-9,15-16H2,1-5H3/t21-/m1/s1. The van der Waals surface area contributed by atoms with Gasteiger partial charge in [0.05, 0.1) is 14.2 Å². The maximum atomic E-state index is 12.9. The molecule has 1 aliphatic rings. The zero-order valence-corrected chi connectivity index (χ0v) is 22.0. The molecule has 2 aromatic carbocycles. The van der Waals surface area contributed by atoms with E-state index in [2.05, 4.69) is 4.90 Å². The van der Waals surface area contributed by atoms with E-state index in [1.165, 1.54) is 13.2 Å². The van der Waals surface area contributed by atoms with Crippen molar-refractivity contribution in [2.45, 2.75) is 26.9 Å². The predicted molar refractivity (Wildman–Crippen MR) is 141 cm³/mol. The molecule has 37 heavy (non-hydrogen) atoms. The lowest BCUT2D eigenvalue weighted by Gasteiger charge is -2.35. The molecule has 9 nitrogen and oxygen atoms in total. The van der Waals surface area contributed by atoms with Crippen molar-refractivity contribution in [1.29, 1.82) is 0 Å². The summed E-state index contributed by atoms with van der Waals surface area (Å²) in [4.78, 5) is 28.4. The molecule has 0 spiro atoms. The molecule has 1 N–H and O–H groups in total. The lowest BCUT2D eigenvalue weighted by atomic mass is 10.0. The number of aliphatic hydroxyl groups is 1. The average Bonchev–Trinajstić information content (AvgIpc) is 2.87. The van der Waals surface area contributed by atoms with Gasteiger partial charge in [-0.2, -0.15) is 0 Å². The van der Waals surface area contributed by atoms with Crippen LogP contribution in [0.2, 0.25) is 0 Å². The van der Waals surface area contributed by atoms with E-state index < -0.39 is 6.10 Å². The van der Waals surface area contributed by atoms with Crippen LogP contribution in [0, 0.1) is 13.8 Å². The number of β-amino-alcohol motifs (C(OH)–C–C–N with tert-alkyl or cyclic N) is 1. The maximum Gasteiger partial charge on any atom is 0.219 e. The van der Waals surface area contributed by atoms with E-state index in [9.17, 15) is 14.7 Å². The molecule has 1 aliphatic heterocycles. The maximum absolute atomic E-state index is 12.9. The topological polar surface area (TPSA) is 102 Å². The highest BCUT2D eigenvalue weighted by atomic mass is 16.5. The molecule has 0 radical (unpaired) electrons. The van der Waals surface area contributed by atoms with Crippen molar-refractivity contribution < 1.29 is 28.5 Å². The summed E-state index contributed by atoms with van der Waals surface area (Å²) in [5.74, 6) is 2.12. The Kier molecular flexibility index (Phi) is 8.04. The first kappa shape index (κ1) is 26.5. The molecule has 1 amide bonds. The van der Waals surface area contributed by atoms with Crippen molar-refractivity contribution >= 4 is 16.9 Å². The lowest BCUT2D eigenvalue weighted by molar-refractivity contribution is -0.130. The van der Waals surface area contributed by atoms with E-state index in [0.29, 0.717) is 53.6 Å². The Morgan fingerprint density at radius 2 is 1.70 bits per heavy atom. The van der Waals surface area contributed by atoms with Gasteiger partial charge in [-0.1, -0.05) is 0 Å². The molecule has 3 aromatic rings. The van der Waals surface area contributed by atoms with Crippen LogP contribution in [-0.4, -0.2) is 80.5 Å². The summed E-state index contributed by atoms with van der Waals surface area (Å²) in [6.45, 7) is 8.87. The molecule has 1 fully saturated rings. The second-order valence-corrected chi connectivity index (χ2v) is 9.39. The summed E-state index contributed by atoms with van der Waals surface area (Å²) in [7, 11) is 3.04. The quantitative estimate of drug-likeness (QED) is 0.494. The second kappa shape index (κ2) is 11.2. The Hall–Kier alpha value is -3.56. The number of amides is 1. The van der Waals surface area contributed by atoms with Crippen LogP contribution in [0.3, 0.4) is 0 Å². The number of nitrogens with zero attached hydrogens (tertiary/aromatic N) is 2. The Morgan fingerprint density at radius 1 is 1.03 bits per heavy atom. The second-order valence-electron chi connectivity index (χ2n) is 9.39. The van der Waals surface area contributed by atoms with E-state index in [1.54, 1.807) is 26.2 Å². The molecule has 1 aromatic heterocycles. The van der Waals surface area contributed by atoms with Crippen LogP contribution < -0.4 is 19.6 Å². The number of aliphatic hydroxyl groups excluding tert-OH is 1. The fourth-order valence-corrected chi connectivity index (χ4v) is 4.75. The first-order valence-corrected chi connectivity index (χ1v) is 12.3. The van der Waals surface area contributed by atoms with E-state index in [-0.39, 0.29) is 17.9 Å². The largest absolute Gasteiger partial charge is 0.496 e. The fraction of sp³-hybridized carbons (Fsp3) is 0.429. The molecule has 198 valence electrons. The first-order valence-electron chi connectivity index (χ1n) is 12.3. The van der Waals surface area contributed by atoms with Gasteiger partial charge >= 0.3 is 0 Å². The van der Waals surface area contributed by atoms with Crippen molar-refractivity contribution in [3.05, 3.63) is 51.7 Å². The summed E-state index contributed by atoms with van der Waals surface area (Å²) in [6.07, 6.45) is -0.661. The SMILES string of the molecule is COc1cc(OC)c2c(=O)cc(-c3cc(C)c(OC[C@H](O)CN4CCN(C(C)=O)CC4)c(C)c3)oc2c1. The lowest BCUT2D eigenvalue weighted by Crippen LogP contribution is -2.50. The van der Waals surface area contributed by atoms with Crippen LogP contribution >= 0.6 is 0 Å². The predicted octanol–water partition coefficient (Wildman–Crippen LogP) is 3.00. The molecule has 1 atom stereocenters. The number of carbonyl (C=O) groups is 1. The van der Waals surface area contributed by atoms with Gasteiger partial charge in [0.1, 0.15) is 46.7 Å². The van der Waals surface area contributed by atoms with Gasteiger partial charge in [0.25, 0.3) is 0 Å². The van der Waals surface area contributed by atoms with Crippen LogP contribution in [0.25, 0.3) is 22.3 Å². The van der Waals surface area contributed by atoms with Crippen molar-refractivity contribution in [3.63, 3.8) is 0 Å². The van der Waals surface area contributed by atoms with Gasteiger partial charge in [-0.3, -0.25) is 14.5 Å². The van der Waals surface area contributed by atoms with E-state index in [1.807, 2.05) is 30.9 Å². The molecule has 1 saturated heterocycles. The molecule has 0 saturated carbocycles. The monoisotopic (exact) mass is 510 g/mol. The van der Waals surface area contributed by atoms with Gasteiger partial charge in [0.15, 0.2) is 5.43 Å². The number of benzene rings is 2. The first-order chi connectivity index (χ1) is 17.7. The molecular weight excluding hydrogens is 476 g/mol. The minimum atomic E-state index is -0.661. The number of hydrogen-bond acceptors (Lipinski definition) is 8. The van der Waals surface area contributed by atoms with Gasteiger partial charge in [-0.15, -0.1) is 0 Å². The normalized spacial score (nSPS) is 15.0. The zero-order chi connectivity index (χ0) is 26.7. The van der Waals surface area contributed by atoms with Crippen LogP contribution in [0.5, 0.6) is 17.2 Å². The van der Waals surface area contributed by atoms with Crippen molar-refractivity contribution in [1.82, 2.24) is 9.80 Å². The average molecular weight is 511 g/mol. The number of piperazine rings is 1. The third-order valence-electron chi connectivity index (χ3n) is 6.68. The fourth-order valence-electron chi connectivity index (χ4n) is 4.75. The molecular formula is C28H34N2O7. The number of methoxy groups -OCH3 is 2. The number of hydrogen-bond donors (Lipinski definition) is 1. The number of fused-ring (bicyclic) bond motifs is 1. The summed E-state index contributed by atoms with van der Waals surface area (Å²) in [5.41, 5.74) is 2.64. The Bertz CT molecular complexity index is 1320.